The summed E-state index contributed by atoms with van der Waals surface area (Å²) in [5, 5.41) is 5.36. The van der Waals surface area contributed by atoms with E-state index in [0.29, 0.717) is 18.5 Å². The van der Waals surface area contributed by atoms with Crippen LogP contribution in [0.4, 0.5) is 5.69 Å². The minimum Gasteiger partial charge on any atom is -0.462 e. The Morgan fingerprint density at radius 1 is 1.06 bits per heavy atom. The Morgan fingerprint density at radius 2 is 1.69 bits per heavy atom. The van der Waals surface area contributed by atoms with Gasteiger partial charge >= 0.3 is 5.97 Å². The number of sulfonamides is 1. The molecule has 1 fully saturated rings. The van der Waals surface area contributed by atoms with Gasteiger partial charge in [-0.2, -0.15) is 4.31 Å². The fraction of sp³-hybridized carbons (Fsp3) is 0.400. The number of piperidine rings is 1. The number of para-hydroxylation sites is 1. The zero-order chi connectivity index (χ0) is 25.6. The van der Waals surface area contributed by atoms with Gasteiger partial charge in [0.2, 0.25) is 21.8 Å². The van der Waals surface area contributed by atoms with Gasteiger partial charge in [-0.1, -0.05) is 29.8 Å². The lowest BCUT2D eigenvalue weighted by molar-refractivity contribution is -0.129. The highest BCUT2D eigenvalue weighted by Crippen LogP contribution is 2.24. The largest absolute Gasteiger partial charge is 0.462 e. The highest BCUT2D eigenvalue weighted by molar-refractivity contribution is 7.89. The van der Waals surface area contributed by atoms with Crippen molar-refractivity contribution in [1.82, 2.24) is 9.62 Å². The number of nitrogens with zero attached hydrogens (tertiary/aromatic N) is 1. The van der Waals surface area contributed by atoms with Gasteiger partial charge in [0.25, 0.3) is 0 Å². The van der Waals surface area contributed by atoms with E-state index >= 15 is 0 Å². The summed E-state index contributed by atoms with van der Waals surface area (Å²) < 4.78 is 32.1. The lowest BCUT2D eigenvalue weighted by Crippen LogP contribution is -2.47. The molecule has 0 bridgehead atoms. The van der Waals surface area contributed by atoms with E-state index < -0.39 is 33.9 Å². The molecule has 2 aromatic rings. The van der Waals surface area contributed by atoms with Crippen LogP contribution in [0.25, 0.3) is 0 Å². The number of amides is 2. The zero-order valence-corrected chi connectivity index (χ0v) is 20.9. The van der Waals surface area contributed by atoms with Crippen molar-refractivity contribution in [3.63, 3.8) is 0 Å². The Bertz CT molecular complexity index is 1170. The van der Waals surface area contributed by atoms with Crippen LogP contribution < -0.4 is 10.6 Å². The van der Waals surface area contributed by atoms with Crippen LogP contribution in [-0.4, -0.2) is 56.2 Å². The van der Waals surface area contributed by atoms with Crippen molar-refractivity contribution in [2.75, 3.05) is 25.0 Å². The Hall–Kier alpha value is -3.24. The van der Waals surface area contributed by atoms with Crippen molar-refractivity contribution >= 4 is 33.5 Å². The molecule has 0 aliphatic carbocycles. The first-order valence-electron chi connectivity index (χ1n) is 11.6. The molecule has 1 aliphatic rings. The molecule has 0 spiro atoms. The quantitative estimate of drug-likeness (QED) is 0.537. The van der Waals surface area contributed by atoms with Gasteiger partial charge in [0, 0.05) is 19.0 Å². The van der Waals surface area contributed by atoms with Crippen molar-refractivity contribution < 1.29 is 27.5 Å². The predicted octanol–water partition coefficient (Wildman–Crippen LogP) is 2.72. The second kappa shape index (κ2) is 11.5. The van der Waals surface area contributed by atoms with Crippen LogP contribution in [0, 0.1) is 12.8 Å². The Balaban J connectivity index is 1.55. The standard InChI is InChI=1S/C25H31N3O6S/c1-4-34-25(31)21-7-5-6-8-22(21)27-23(29)18(3)26-24(30)19-13-15-28(16-14-19)35(32,33)20-11-9-17(2)10-12-20/h5-12,18-19H,4,13-16H2,1-3H3,(H,26,30)(H,27,29). The summed E-state index contributed by atoms with van der Waals surface area (Å²) in [5.74, 6) is -1.73. The number of nitrogens with one attached hydrogen (secondary N) is 2. The van der Waals surface area contributed by atoms with E-state index in [0.717, 1.165) is 5.56 Å². The number of anilines is 1. The molecule has 0 radical (unpaired) electrons. The van der Waals surface area contributed by atoms with Crippen molar-refractivity contribution in [2.24, 2.45) is 5.92 Å². The number of hydrogen-bond acceptors (Lipinski definition) is 6. The minimum absolute atomic E-state index is 0.207. The van der Waals surface area contributed by atoms with Crippen LogP contribution in [0.15, 0.2) is 53.4 Å². The molecule has 1 aliphatic heterocycles. The second-order valence-corrected chi connectivity index (χ2v) is 10.4. The molecule has 9 nitrogen and oxygen atoms in total. The number of carbonyl (C=O) groups is 3. The van der Waals surface area contributed by atoms with Crippen LogP contribution in [0.1, 0.15) is 42.6 Å². The molecule has 2 N–H and O–H groups in total. The maximum atomic E-state index is 12.9. The first kappa shape index (κ1) is 26.4. The normalized spacial score (nSPS) is 15.7. The molecule has 1 heterocycles. The third kappa shape index (κ3) is 6.46. The molecule has 1 atom stereocenters. The van der Waals surface area contributed by atoms with Gasteiger partial charge in [-0.3, -0.25) is 9.59 Å². The summed E-state index contributed by atoms with van der Waals surface area (Å²) in [7, 11) is -3.61. The molecule has 10 heteroatoms. The van der Waals surface area contributed by atoms with Crippen molar-refractivity contribution in [3.8, 4) is 0 Å². The number of hydrogen-bond donors (Lipinski definition) is 2. The van der Waals surface area contributed by atoms with Crippen LogP contribution in [0.5, 0.6) is 0 Å². The van der Waals surface area contributed by atoms with Gasteiger partial charge in [-0.25, -0.2) is 13.2 Å². The van der Waals surface area contributed by atoms with Crippen molar-refractivity contribution in [3.05, 3.63) is 59.7 Å². The van der Waals surface area contributed by atoms with Crippen molar-refractivity contribution in [2.45, 2.75) is 44.6 Å². The van der Waals surface area contributed by atoms with Crippen LogP contribution in [0.2, 0.25) is 0 Å². The summed E-state index contributed by atoms with van der Waals surface area (Å²) in [6.45, 7) is 5.79. The summed E-state index contributed by atoms with van der Waals surface area (Å²) >= 11 is 0. The van der Waals surface area contributed by atoms with Gasteiger partial charge in [-0.15, -0.1) is 0 Å². The molecular weight excluding hydrogens is 470 g/mol. The molecule has 1 saturated heterocycles. The lowest BCUT2D eigenvalue weighted by atomic mass is 9.97. The molecule has 2 amide bonds. The van der Waals surface area contributed by atoms with E-state index in [-0.39, 0.29) is 36.1 Å². The number of rotatable bonds is 8. The van der Waals surface area contributed by atoms with E-state index in [2.05, 4.69) is 10.6 Å². The smallest absolute Gasteiger partial charge is 0.340 e. The molecule has 2 aromatic carbocycles. The average molecular weight is 502 g/mol. The average Bonchev–Trinajstić information content (AvgIpc) is 2.84. The first-order chi connectivity index (χ1) is 16.6. The lowest BCUT2D eigenvalue weighted by Gasteiger charge is -2.31. The fourth-order valence-corrected chi connectivity index (χ4v) is 5.30. The highest BCUT2D eigenvalue weighted by Gasteiger charge is 2.33. The minimum atomic E-state index is -3.61. The Kier molecular flexibility index (Phi) is 8.63. The van der Waals surface area contributed by atoms with Gasteiger partial charge in [0.05, 0.1) is 22.8 Å². The summed E-state index contributed by atoms with van der Waals surface area (Å²) in [6.07, 6.45) is 0.716. The van der Waals surface area contributed by atoms with Gasteiger partial charge in [0.15, 0.2) is 0 Å². The maximum Gasteiger partial charge on any atom is 0.340 e. The third-order valence-corrected chi connectivity index (χ3v) is 7.83. The summed E-state index contributed by atoms with van der Waals surface area (Å²) in [4.78, 5) is 37.8. The molecule has 0 saturated carbocycles. The molecule has 3 rings (SSSR count). The molecule has 0 aromatic heterocycles. The number of esters is 1. The Labute approximate surface area is 205 Å². The maximum absolute atomic E-state index is 12.9. The van der Waals surface area contributed by atoms with Crippen LogP contribution in [-0.2, 0) is 24.3 Å². The van der Waals surface area contributed by atoms with Gasteiger partial charge in [-0.05, 0) is 57.9 Å². The van der Waals surface area contributed by atoms with E-state index in [4.69, 9.17) is 4.74 Å². The van der Waals surface area contributed by atoms with E-state index in [1.807, 2.05) is 6.92 Å². The van der Waals surface area contributed by atoms with Gasteiger partial charge < -0.3 is 15.4 Å². The summed E-state index contributed by atoms with van der Waals surface area (Å²) in [5.41, 5.74) is 1.50. The van der Waals surface area contributed by atoms with E-state index in [1.54, 1.807) is 62.4 Å². The number of ether oxygens (including phenoxy) is 1. The fourth-order valence-electron chi connectivity index (χ4n) is 3.83. The molecular formula is C25H31N3O6S. The van der Waals surface area contributed by atoms with E-state index in [9.17, 15) is 22.8 Å². The summed E-state index contributed by atoms with van der Waals surface area (Å²) in [6, 6.07) is 12.3. The van der Waals surface area contributed by atoms with Crippen molar-refractivity contribution in [1.29, 1.82) is 0 Å². The predicted molar refractivity (Wildman–Crippen MR) is 131 cm³/mol. The SMILES string of the molecule is CCOC(=O)c1ccccc1NC(=O)C(C)NC(=O)C1CCN(S(=O)(=O)c2ccc(C)cc2)CC1. The molecule has 35 heavy (non-hydrogen) atoms. The molecule has 188 valence electrons. The first-order valence-corrected chi connectivity index (χ1v) is 13.0. The third-order valence-electron chi connectivity index (χ3n) is 5.92. The highest BCUT2D eigenvalue weighted by atomic mass is 32.2. The number of aryl methyl sites for hydroxylation is 1. The monoisotopic (exact) mass is 501 g/mol. The Morgan fingerprint density at radius 3 is 2.31 bits per heavy atom. The van der Waals surface area contributed by atoms with Crippen LogP contribution in [0.3, 0.4) is 0 Å². The number of carbonyl (C=O) groups excluding carboxylic acids is 3. The molecule has 1 unspecified atom stereocenters. The van der Waals surface area contributed by atoms with E-state index in [1.165, 1.54) is 4.31 Å². The van der Waals surface area contributed by atoms with Gasteiger partial charge in [0.1, 0.15) is 6.04 Å². The van der Waals surface area contributed by atoms with Crippen LogP contribution >= 0.6 is 0 Å². The topological polar surface area (TPSA) is 122 Å². The second-order valence-electron chi connectivity index (χ2n) is 8.48. The number of benzene rings is 2. The zero-order valence-electron chi connectivity index (χ0n) is 20.1.